The van der Waals surface area contributed by atoms with E-state index in [1.807, 2.05) is 28.0 Å². The second kappa shape index (κ2) is 10.2. The number of likely N-dealkylation sites (tertiary alicyclic amines) is 1. The maximum atomic E-state index is 5.73. The Bertz CT molecular complexity index is 708. The van der Waals surface area contributed by atoms with Crippen LogP contribution in [0.2, 0.25) is 0 Å². The van der Waals surface area contributed by atoms with Crippen LogP contribution in [0.5, 0.6) is 0 Å². The molecule has 1 aromatic rings. The molecule has 3 rings (SSSR count). The molecule has 2 aliphatic rings. The highest BCUT2D eigenvalue weighted by molar-refractivity contribution is 14.0. The van der Waals surface area contributed by atoms with Crippen LogP contribution in [0, 0.1) is 25.2 Å². The zero-order valence-corrected chi connectivity index (χ0v) is 22.0. The quantitative estimate of drug-likeness (QED) is 0.332. The lowest BCUT2D eigenvalue weighted by molar-refractivity contribution is -0.176. The van der Waals surface area contributed by atoms with E-state index in [0.29, 0.717) is 12.0 Å². The summed E-state index contributed by atoms with van der Waals surface area (Å²) in [4.78, 5) is 11.4. The molecule has 0 radical (unpaired) electrons. The monoisotopic (exact) mass is 533 g/mol. The highest BCUT2D eigenvalue weighted by Gasteiger charge is 2.58. The summed E-state index contributed by atoms with van der Waals surface area (Å²) in [6.07, 6.45) is 3.36. The molecule has 2 fully saturated rings. The number of rotatable bonds is 6. The fraction of sp³-hybridized carbons (Fsp3) is 0.818. The van der Waals surface area contributed by atoms with Crippen molar-refractivity contribution < 1.29 is 9.15 Å². The minimum absolute atomic E-state index is 0. The summed E-state index contributed by atoms with van der Waals surface area (Å²) in [6, 6.07) is 0.369. The summed E-state index contributed by atoms with van der Waals surface area (Å²) in [7, 11) is 3.65. The average Bonchev–Trinajstić information content (AvgIpc) is 3.02. The summed E-state index contributed by atoms with van der Waals surface area (Å²) in [5.74, 6) is 3.33. The number of aliphatic imine (C=N–C) groups is 1. The van der Waals surface area contributed by atoms with Gasteiger partial charge in [0.25, 0.3) is 0 Å². The van der Waals surface area contributed by atoms with E-state index in [1.165, 1.54) is 12.8 Å². The van der Waals surface area contributed by atoms with Crippen LogP contribution in [0.25, 0.3) is 0 Å². The SMILES string of the molecule is CN=C(NCC1CCN(Cc2nc(C)c(C)o2)CC1)NC1CC(C)(OC)C1(C)C.I. The summed E-state index contributed by atoms with van der Waals surface area (Å²) >= 11 is 0. The van der Waals surface area contributed by atoms with E-state index in [2.05, 4.69) is 46.3 Å². The van der Waals surface area contributed by atoms with Gasteiger partial charge in [0, 0.05) is 32.2 Å². The van der Waals surface area contributed by atoms with Crippen LogP contribution in [0.3, 0.4) is 0 Å². The van der Waals surface area contributed by atoms with E-state index in [1.54, 1.807) is 0 Å². The van der Waals surface area contributed by atoms with Crippen molar-refractivity contribution in [1.29, 1.82) is 0 Å². The third-order valence-corrected chi connectivity index (χ3v) is 7.51. The van der Waals surface area contributed by atoms with E-state index in [0.717, 1.165) is 55.9 Å². The zero-order valence-electron chi connectivity index (χ0n) is 19.7. The van der Waals surface area contributed by atoms with Crippen molar-refractivity contribution in [1.82, 2.24) is 20.5 Å². The fourth-order valence-electron chi connectivity index (χ4n) is 4.47. The Kier molecular flexibility index (Phi) is 8.60. The largest absolute Gasteiger partial charge is 0.444 e. The predicted molar refractivity (Wildman–Crippen MR) is 131 cm³/mol. The lowest BCUT2D eigenvalue weighted by Gasteiger charge is -2.59. The first-order chi connectivity index (χ1) is 13.7. The molecule has 2 N–H and O–H groups in total. The van der Waals surface area contributed by atoms with Crippen LogP contribution in [-0.2, 0) is 11.3 Å². The Labute approximate surface area is 198 Å². The molecule has 1 saturated heterocycles. The van der Waals surface area contributed by atoms with Crippen molar-refractivity contribution >= 4 is 29.9 Å². The van der Waals surface area contributed by atoms with Crippen LogP contribution in [0.1, 0.15) is 57.4 Å². The molecular formula is C22H40IN5O2. The Hall–Kier alpha value is -0.870. The van der Waals surface area contributed by atoms with Gasteiger partial charge in [-0.3, -0.25) is 9.89 Å². The molecule has 1 saturated carbocycles. The Morgan fingerprint density at radius 1 is 1.27 bits per heavy atom. The minimum atomic E-state index is -0.0731. The third kappa shape index (κ3) is 5.30. The van der Waals surface area contributed by atoms with Gasteiger partial charge >= 0.3 is 0 Å². The number of halogens is 1. The lowest BCUT2D eigenvalue weighted by Crippen LogP contribution is -2.69. The number of methoxy groups -OCH3 is 1. The Morgan fingerprint density at radius 2 is 1.93 bits per heavy atom. The van der Waals surface area contributed by atoms with Gasteiger partial charge in [0.1, 0.15) is 5.76 Å². The molecular weight excluding hydrogens is 493 g/mol. The second-order valence-electron chi connectivity index (χ2n) is 9.48. The first kappa shape index (κ1) is 25.4. The van der Waals surface area contributed by atoms with Gasteiger partial charge in [-0.05, 0) is 59.0 Å². The first-order valence-corrected chi connectivity index (χ1v) is 10.9. The zero-order chi connectivity index (χ0) is 21.2. The van der Waals surface area contributed by atoms with Crippen molar-refractivity contribution in [3.63, 3.8) is 0 Å². The molecule has 1 aliphatic carbocycles. The van der Waals surface area contributed by atoms with Gasteiger partial charge in [0.05, 0.1) is 17.8 Å². The number of aromatic nitrogens is 1. The third-order valence-electron chi connectivity index (χ3n) is 7.51. The molecule has 2 atom stereocenters. The maximum absolute atomic E-state index is 5.73. The number of piperidine rings is 1. The summed E-state index contributed by atoms with van der Waals surface area (Å²) in [5.41, 5.74) is 0.996. The normalized spacial score (nSPS) is 27.3. The number of oxazole rings is 1. The van der Waals surface area contributed by atoms with Crippen LogP contribution in [0.4, 0.5) is 0 Å². The van der Waals surface area contributed by atoms with Crippen molar-refractivity contribution in [3.8, 4) is 0 Å². The van der Waals surface area contributed by atoms with Crippen molar-refractivity contribution in [2.45, 2.75) is 72.1 Å². The van der Waals surface area contributed by atoms with Gasteiger partial charge in [-0.25, -0.2) is 4.98 Å². The van der Waals surface area contributed by atoms with Crippen LogP contribution < -0.4 is 10.6 Å². The van der Waals surface area contributed by atoms with E-state index in [-0.39, 0.29) is 35.0 Å². The predicted octanol–water partition coefficient (Wildman–Crippen LogP) is 3.49. The van der Waals surface area contributed by atoms with Crippen molar-refractivity contribution in [2.24, 2.45) is 16.3 Å². The lowest BCUT2D eigenvalue weighted by atomic mass is 9.56. The smallest absolute Gasteiger partial charge is 0.208 e. The Morgan fingerprint density at radius 3 is 2.43 bits per heavy atom. The highest BCUT2D eigenvalue weighted by Crippen LogP contribution is 2.51. The van der Waals surface area contributed by atoms with E-state index in [9.17, 15) is 0 Å². The number of guanidine groups is 1. The number of aryl methyl sites for hydroxylation is 2. The van der Waals surface area contributed by atoms with Gasteiger partial charge in [0.15, 0.2) is 5.96 Å². The summed E-state index contributed by atoms with van der Waals surface area (Å²) in [6.45, 7) is 14.6. The van der Waals surface area contributed by atoms with Gasteiger partial charge in [-0.2, -0.15) is 0 Å². The number of hydrogen-bond acceptors (Lipinski definition) is 5. The molecule has 8 heteroatoms. The van der Waals surface area contributed by atoms with E-state index < -0.39 is 0 Å². The van der Waals surface area contributed by atoms with Crippen molar-refractivity contribution in [2.75, 3.05) is 33.8 Å². The number of ether oxygens (including phenoxy) is 1. The molecule has 0 aromatic carbocycles. The van der Waals surface area contributed by atoms with Gasteiger partial charge in [0.2, 0.25) is 5.89 Å². The molecule has 172 valence electrons. The fourth-order valence-corrected chi connectivity index (χ4v) is 4.47. The van der Waals surface area contributed by atoms with E-state index >= 15 is 0 Å². The number of nitrogens with one attached hydrogen (secondary N) is 2. The van der Waals surface area contributed by atoms with Gasteiger partial charge < -0.3 is 19.8 Å². The first-order valence-electron chi connectivity index (χ1n) is 10.9. The maximum Gasteiger partial charge on any atom is 0.208 e. The molecule has 0 bridgehead atoms. The molecule has 0 spiro atoms. The Balaban J connectivity index is 0.00000320. The average molecular weight is 533 g/mol. The van der Waals surface area contributed by atoms with Crippen LogP contribution >= 0.6 is 24.0 Å². The topological polar surface area (TPSA) is 74.9 Å². The molecule has 0 amide bonds. The molecule has 30 heavy (non-hydrogen) atoms. The number of hydrogen-bond donors (Lipinski definition) is 2. The standard InChI is InChI=1S/C22H39N5O2.HI/c1-15-16(2)29-19(25-15)14-27-10-8-17(9-11-27)13-24-20(23-6)26-18-12-22(5,28-7)21(18,3)4;/h17-18H,8-14H2,1-7H3,(H2,23,24,26);1H. The van der Waals surface area contributed by atoms with Crippen LogP contribution in [0.15, 0.2) is 9.41 Å². The molecule has 1 aromatic heterocycles. The molecule has 2 unspecified atom stereocenters. The highest BCUT2D eigenvalue weighted by atomic mass is 127. The van der Waals surface area contributed by atoms with Gasteiger partial charge in [-0.15, -0.1) is 24.0 Å². The molecule has 2 heterocycles. The van der Waals surface area contributed by atoms with Crippen molar-refractivity contribution in [3.05, 3.63) is 17.3 Å². The van der Waals surface area contributed by atoms with E-state index in [4.69, 9.17) is 9.15 Å². The number of nitrogens with zero attached hydrogens (tertiary/aromatic N) is 3. The summed E-state index contributed by atoms with van der Waals surface area (Å²) in [5, 5.41) is 7.14. The molecule has 7 nitrogen and oxygen atoms in total. The summed E-state index contributed by atoms with van der Waals surface area (Å²) < 4.78 is 11.5. The van der Waals surface area contributed by atoms with Crippen LogP contribution in [-0.4, -0.2) is 61.3 Å². The minimum Gasteiger partial charge on any atom is -0.444 e. The van der Waals surface area contributed by atoms with Gasteiger partial charge in [-0.1, -0.05) is 13.8 Å². The molecule has 1 aliphatic heterocycles. The second-order valence-corrected chi connectivity index (χ2v) is 9.48.